The summed E-state index contributed by atoms with van der Waals surface area (Å²) in [7, 11) is 1.47. The average molecular weight is 445 g/mol. The Balaban J connectivity index is 1.80. The van der Waals surface area contributed by atoms with Gasteiger partial charge in [-0.2, -0.15) is 0 Å². The van der Waals surface area contributed by atoms with Crippen LogP contribution in [0.4, 0.5) is 5.69 Å². The van der Waals surface area contributed by atoms with Gasteiger partial charge in [-0.05, 0) is 54.5 Å². The zero-order chi connectivity index (χ0) is 21.7. The van der Waals surface area contributed by atoms with Crippen LogP contribution in [0, 0.1) is 0 Å². The van der Waals surface area contributed by atoms with E-state index in [4.69, 9.17) is 21.7 Å². The van der Waals surface area contributed by atoms with Crippen LogP contribution in [0.5, 0.6) is 11.5 Å². The minimum absolute atomic E-state index is 0.259. The topological polar surface area (TPSA) is 88.1 Å². The van der Waals surface area contributed by atoms with Crippen LogP contribution in [0.3, 0.4) is 0 Å². The van der Waals surface area contributed by atoms with Crippen molar-refractivity contribution in [1.29, 1.82) is 0 Å². The predicted molar refractivity (Wildman–Crippen MR) is 120 cm³/mol. The first-order valence-electron chi connectivity index (χ1n) is 9.10. The van der Waals surface area contributed by atoms with E-state index < -0.39 is 12.1 Å². The Hall–Kier alpha value is -3.04. The molecule has 1 atom stereocenters. The molecule has 0 aromatic heterocycles. The molecule has 0 aliphatic carbocycles. The zero-order valence-electron chi connectivity index (χ0n) is 16.3. The number of hydrogen-bond donors (Lipinski definition) is 2. The Labute approximate surface area is 183 Å². The standard InChI is InChI=1S/C21H20N2O5S2/c1-3-15(20(25)26)28-16-10-9-13(11-17(16)27-2)12-18-19(24)23(21(29)30-18)22-14-7-5-4-6-8-14/h4-12,15,22H,3H2,1-2H3,(H,25,26)/b18-12+. The Kier molecular flexibility index (Phi) is 6.96. The van der Waals surface area contributed by atoms with Gasteiger partial charge in [0.25, 0.3) is 5.91 Å². The fourth-order valence-corrected chi connectivity index (χ4v) is 3.87. The summed E-state index contributed by atoms with van der Waals surface area (Å²) >= 11 is 6.52. The second kappa shape index (κ2) is 9.64. The first kappa shape index (κ1) is 21.7. The lowest BCUT2D eigenvalue weighted by Crippen LogP contribution is -2.33. The number of nitrogens with one attached hydrogen (secondary N) is 1. The Morgan fingerprint density at radius 2 is 2.00 bits per heavy atom. The number of thioether (sulfide) groups is 1. The number of carboxylic acids is 1. The third kappa shape index (κ3) is 4.92. The molecule has 2 aromatic rings. The first-order valence-corrected chi connectivity index (χ1v) is 10.3. The van der Waals surface area contributed by atoms with Crippen molar-refractivity contribution >= 4 is 51.9 Å². The van der Waals surface area contributed by atoms with Gasteiger partial charge in [0.05, 0.1) is 17.7 Å². The van der Waals surface area contributed by atoms with Crippen molar-refractivity contribution in [2.75, 3.05) is 12.5 Å². The molecule has 1 aliphatic heterocycles. The third-order valence-corrected chi connectivity index (χ3v) is 5.51. The summed E-state index contributed by atoms with van der Waals surface area (Å²) in [5, 5.41) is 10.5. The highest BCUT2D eigenvalue weighted by molar-refractivity contribution is 8.26. The Bertz CT molecular complexity index is 994. The molecule has 1 aliphatic rings. The van der Waals surface area contributed by atoms with Crippen molar-refractivity contribution in [1.82, 2.24) is 5.01 Å². The number of thiocarbonyl (C=S) groups is 1. The van der Waals surface area contributed by atoms with E-state index in [1.54, 1.807) is 31.2 Å². The highest BCUT2D eigenvalue weighted by Gasteiger charge is 2.32. The van der Waals surface area contributed by atoms with Crippen LogP contribution in [0.2, 0.25) is 0 Å². The molecule has 1 fully saturated rings. The lowest BCUT2D eigenvalue weighted by molar-refractivity contribution is -0.145. The molecule has 1 amide bonds. The van der Waals surface area contributed by atoms with Crippen LogP contribution < -0.4 is 14.9 Å². The average Bonchev–Trinajstić information content (AvgIpc) is 3.00. The van der Waals surface area contributed by atoms with Crippen molar-refractivity contribution in [3.8, 4) is 11.5 Å². The molecule has 0 saturated carbocycles. The fourth-order valence-electron chi connectivity index (χ4n) is 2.69. The van der Waals surface area contributed by atoms with Gasteiger partial charge in [0, 0.05) is 0 Å². The van der Waals surface area contributed by atoms with Gasteiger partial charge in [-0.25, -0.2) is 9.80 Å². The maximum Gasteiger partial charge on any atom is 0.344 e. The number of para-hydroxylation sites is 1. The molecule has 156 valence electrons. The fraction of sp³-hybridized carbons (Fsp3) is 0.190. The molecule has 7 nitrogen and oxygen atoms in total. The van der Waals surface area contributed by atoms with Crippen LogP contribution in [-0.2, 0) is 9.59 Å². The number of ether oxygens (including phenoxy) is 2. The molecule has 0 radical (unpaired) electrons. The molecule has 30 heavy (non-hydrogen) atoms. The quantitative estimate of drug-likeness (QED) is 0.463. The maximum absolute atomic E-state index is 12.8. The summed E-state index contributed by atoms with van der Waals surface area (Å²) in [6.45, 7) is 1.73. The van der Waals surface area contributed by atoms with Crippen molar-refractivity contribution in [3.05, 3.63) is 59.0 Å². The summed E-state index contributed by atoms with van der Waals surface area (Å²) in [5.41, 5.74) is 4.46. The van der Waals surface area contributed by atoms with Crippen LogP contribution in [0.25, 0.3) is 6.08 Å². The van der Waals surface area contributed by atoms with Gasteiger partial charge in [0.2, 0.25) is 0 Å². The van der Waals surface area contributed by atoms with E-state index in [1.165, 1.54) is 23.9 Å². The van der Waals surface area contributed by atoms with Crippen molar-refractivity contribution in [3.63, 3.8) is 0 Å². The summed E-state index contributed by atoms with van der Waals surface area (Å²) in [6, 6.07) is 14.3. The van der Waals surface area contributed by atoms with Crippen molar-refractivity contribution in [2.45, 2.75) is 19.4 Å². The zero-order valence-corrected chi connectivity index (χ0v) is 18.0. The molecule has 2 aromatic carbocycles. The van der Waals surface area contributed by atoms with Gasteiger partial charge >= 0.3 is 5.97 Å². The molecule has 2 N–H and O–H groups in total. The van der Waals surface area contributed by atoms with E-state index in [-0.39, 0.29) is 5.91 Å². The number of anilines is 1. The molecular weight excluding hydrogens is 424 g/mol. The van der Waals surface area contributed by atoms with Crippen LogP contribution in [0.1, 0.15) is 18.9 Å². The van der Waals surface area contributed by atoms with Gasteiger partial charge in [-0.1, -0.05) is 43.0 Å². The number of nitrogens with zero attached hydrogens (tertiary/aromatic N) is 1. The SMILES string of the molecule is CCC(Oc1ccc(/C=C2/SC(=S)N(Nc3ccccc3)C2=O)cc1OC)C(=O)O. The highest BCUT2D eigenvalue weighted by atomic mass is 32.2. The normalized spacial score (nSPS) is 15.9. The number of benzene rings is 2. The number of hydrogen-bond acceptors (Lipinski definition) is 7. The third-order valence-electron chi connectivity index (χ3n) is 4.21. The smallest absolute Gasteiger partial charge is 0.344 e. The van der Waals surface area contributed by atoms with Crippen LogP contribution in [0.15, 0.2) is 53.4 Å². The summed E-state index contributed by atoms with van der Waals surface area (Å²) in [4.78, 5) is 24.4. The number of amides is 1. The van der Waals surface area contributed by atoms with Crippen LogP contribution in [-0.4, -0.2) is 39.5 Å². The van der Waals surface area contributed by atoms with Gasteiger partial charge < -0.3 is 14.6 Å². The minimum atomic E-state index is -1.04. The summed E-state index contributed by atoms with van der Waals surface area (Å²) < 4.78 is 11.3. The van der Waals surface area contributed by atoms with Gasteiger partial charge in [0.1, 0.15) is 0 Å². The number of aliphatic carboxylic acids is 1. The van der Waals surface area contributed by atoms with E-state index in [0.29, 0.717) is 32.7 Å². The highest BCUT2D eigenvalue weighted by Crippen LogP contribution is 2.35. The number of hydrazine groups is 1. The van der Waals surface area contributed by atoms with E-state index in [1.807, 2.05) is 30.3 Å². The molecule has 1 saturated heterocycles. The van der Waals surface area contributed by atoms with E-state index in [2.05, 4.69) is 5.43 Å². The molecule has 0 bridgehead atoms. The largest absolute Gasteiger partial charge is 0.493 e. The molecule has 0 spiro atoms. The van der Waals surface area contributed by atoms with Crippen LogP contribution >= 0.6 is 24.0 Å². The first-order chi connectivity index (χ1) is 14.4. The predicted octanol–water partition coefficient (Wildman–Crippen LogP) is 4.17. The van der Waals surface area contributed by atoms with Crippen molar-refractivity contribution in [2.24, 2.45) is 0 Å². The van der Waals surface area contributed by atoms with Gasteiger partial charge in [0.15, 0.2) is 21.9 Å². The van der Waals surface area contributed by atoms with E-state index in [0.717, 1.165) is 5.69 Å². The minimum Gasteiger partial charge on any atom is -0.493 e. The molecule has 1 heterocycles. The van der Waals surface area contributed by atoms with E-state index in [9.17, 15) is 14.7 Å². The lowest BCUT2D eigenvalue weighted by Gasteiger charge is -2.17. The number of rotatable bonds is 8. The van der Waals surface area contributed by atoms with E-state index >= 15 is 0 Å². The number of methoxy groups -OCH3 is 1. The Morgan fingerprint density at radius 3 is 2.63 bits per heavy atom. The second-order valence-corrected chi connectivity index (χ2v) is 7.93. The molecule has 9 heteroatoms. The van der Waals surface area contributed by atoms with Gasteiger partial charge in [-0.3, -0.25) is 10.2 Å². The monoisotopic (exact) mass is 444 g/mol. The summed E-state index contributed by atoms with van der Waals surface area (Å²) in [6.07, 6.45) is 1.05. The molecular formula is C21H20N2O5S2. The summed E-state index contributed by atoms with van der Waals surface area (Å²) in [5.74, 6) is -0.605. The molecule has 3 rings (SSSR count). The number of carbonyl (C=O) groups excluding carboxylic acids is 1. The Morgan fingerprint density at radius 1 is 1.27 bits per heavy atom. The lowest BCUT2D eigenvalue weighted by atomic mass is 10.1. The second-order valence-electron chi connectivity index (χ2n) is 6.26. The number of carbonyl (C=O) groups is 2. The van der Waals surface area contributed by atoms with Gasteiger partial charge in [-0.15, -0.1) is 0 Å². The molecule has 1 unspecified atom stereocenters. The number of carboxylic acid groups (broad SMARTS) is 1. The van der Waals surface area contributed by atoms with Crippen molar-refractivity contribution < 1.29 is 24.2 Å². The maximum atomic E-state index is 12.8.